The highest BCUT2D eigenvalue weighted by Gasteiger charge is 2.14. The summed E-state index contributed by atoms with van der Waals surface area (Å²) in [5.74, 6) is -0.718. The van der Waals surface area contributed by atoms with Crippen LogP contribution in [0.3, 0.4) is 0 Å². The van der Waals surface area contributed by atoms with Gasteiger partial charge in [0.25, 0.3) is 11.6 Å². The minimum absolute atomic E-state index is 0.0133. The maximum atomic E-state index is 12.2. The summed E-state index contributed by atoms with van der Waals surface area (Å²) in [6.45, 7) is 1.36. The first-order valence-corrected chi connectivity index (χ1v) is 6.87. The zero-order valence-electron chi connectivity index (χ0n) is 12.0. The lowest BCUT2D eigenvalue weighted by atomic mass is 10.1. The van der Waals surface area contributed by atoms with E-state index in [-0.39, 0.29) is 22.3 Å². The summed E-state index contributed by atoms with van der Waals surface area (Å²) in [6.07, 6.45) is 0. The first kappa shape index (κ1) is 16.4. The minimum atomic E-state index is -0.630. The molecule has 0 aliphatic heterocycles. The molecule has 0 radical (unpaired) electrons. The average molecular weight is 334 g/mol. The Morgan fingerprint density at radius 1 is 1.09 bits per heavy atom. The minimum Gasteiger partial charge on any atom is -0.326 e. The second-order valence-corrected chi connectivity index (χ2v) is 5.05. The fraction of sp³-hybridized carbons (Fsp3) is 0.0667. The largest absolute Gasteiger partial charge is 0.326 e. The van der Waals surface area contributed by atoms with Crippen molar-refractivity contribution in [2.75, 3.05) is 10.6 Å². The molecule has 0 fully saturated rings. The van der Waals surface area contributed by atoms with Gasteiger partial charge in [0.05, 0.1) is 4.92 Å². The number of anilines is 2. The SMILES string of the molecule is CC(=O)Nc1cccc(C(=O)Nc2ccc(Cl)c([N+](=O)[O-])c2)c1. The summed E-state index contributed by atoms with van der Waals surface area (Å²) in [5, 5.41) is 15.9. The van der Waals surface area contributed by atoms with E-state index >= 15 is 0 Å². The van der Waals surface area contributed by atoms with Crippen LogP contribution < -0.4 is 10.6 Å². The quantitative estimate of drug-likeness (QED) is 0.660. The van der Waals surface area contributed by atoms with Crippen LogP contribution in [0, 0.1) is 10.1 Å². The Bertz CT molecular complexity index is 792. The normalized spacial score (nSPS) is 10.0. The Morgan fingerprint density at radius 2 is 1.78 bits per heavy atom. The standard InChI is InChI=1S/C15H12ClN3O4/c1-9(20)17-11-4-2-3-10(7-11)15(21)18-12-5-6-13(16)14(8-12)19(22)23/h2-8H,1H3,(H,17,20)(H,18,21). The van der Waals surface area contributed by atoms with E-state index in [1.54, 1.807) is 18.2 Å². The number of carbonyl (C=O) groups excluding carboxylic acids is 2. The predicted octanol–water partition coefficient (Wildman–Crippen LogP) is 3.46. The number of halogens is 1. The molecule has 0 aromatic heterocycles. The van der Waals surface area contributed by atoms with E-state index in [0.29, 0.717) is 11.3 Å². The molecule has 0 saturated heterocycles. The van der Waals surface area contributed by atoms with Gasteiger partial charge in [0, 0.05) is 29.9 Å². The predicted molar refractivity (Wildman–Crippen MR) is 86.8 cm³/mol. The van der Waals surface area contributed by atoms with E-state index in [1.165, 1.54) is 31.2 Å². The number of hydrogen-bond donors (Lipinski definition) is 2. The topological polar surface area (TPSA) is 101 Å². The summed E-state index contributed by atoms with van der Waals surface area (Å²) in [6, 6.07) is 10.3. The molecule has 0 saturated carbocycles. The molecule has 7 nitrogen and oxygen atoms in total. The van der Waals surface area contributed by atoms with E-state index in [2.05, 4.69) is 10.6 Å². The molecule has 8 heteroatoms. The van der Waals surface area contributed by atoms with Gasteiger partial charge in [-0.15, -0.1) is 0 Å². The molecule has 0 spiro atoms. The van der Waals surface area contributed by atoms with Crippen LogP contribution in [-0.4, -0.2) is 16.7 Å². The smallest absolute Gasteiger partial charge is 0.289 e. The Labute approximate surface area is 136 Å². The molecular formula is C15H12ClN3O4. The monoisotopic (exact) mass is 333 g/mol. The van der Waals surface area contributed by atoms with Crippen LogP contribution >= 0.6 is 11.6 Å². The first-order chi connectivity index (χ1) is 10.9. The van der Waals surface area contributed by atoms with Gasteiger partial charge in [-0.1, -0.05) is 17.7 Å². The molecule has 23 heavy (non-hydrogen) atoms. The van der Waals surface area contributed by atoms with Gasteiger partial charge in [0.2, 0.25) is 5.91 Å². The maximum absolute atomic E-state index is 12.2. The van der Waals surface area contributed by atoms with Crippen LogP contribution in [0.5, 0.6) is 0 Å². The van der Waals surface area contributed by atoms with Gasteiger partial charge >= 0.3 is 0 Å². The number of nitrogens with one attached hydrogen (secondary N) is 2. The van der Waals surface area contributed by atoms with Crippen LogP contribution in [0.4, 0.5) is 17.1 Å². The lowest BCUT2D eigenvalue weighted by Crippen LogP contribution is -2.13. The first-order valence-electron chi connectivity index (χ1n) is 6.50. The number of nitro benzene ring substituents is 1. The van der Waals surface area contributed by atoms with Crippen molar-refractivity contribution in [1.29, 1.82) is 0 Å². The van der Waals surface area contributed by atoms with Crippen molar-refractivity contribution < 1.29 is 14.5 Å². The zero-order valence-corrected chi connectivity index (χ0v) is 12.8. The molecule has 0 aliphatic rings. The summed E-state index contributed by atoms with van der Waals surface area (Å²) in [4.78, 5) is 33.4. The number of nitro groups is 1. The van der Waals surface area contributed by atoms with Crippen LogP contribution in [0.25, 0.3) is 0 Å². The molecule has 0 atom stereocenters. The van der Waals surface area contributed by atoms with E-state index in [4.69, 9.17) is 11.6 Å². The summed E-state index contributed by atoms with van der Waals surface area (Å²) < 4.78 is 0. The number of rotatable bonds is 4. The van der Waals surface area contributed by atoms with E-state index < -0.39 is 10.8 Å². The number of carbonyl (C=O) groups is 2. The molecule has 0 aliphatic carbocycles. The lowest BCUT2D eigenvalue weighted by molar-refractivity contribution is -0.384. The molecule has 2 N–H and O–H groups in total. The lowest BCUT2D eigenvalue weighted by Gasteiger charge is -2.08. The summed E-state index contributed by atoms with van der Waals surface area (Å²) in [5.41, 5.74) is 0.730. The highest BCUT2D eigenvalue weighted by atomic mass is 35.5. The summed E-state index contributed by atoms with van der Waals surface area (Å²) >= 11 is 5.72. The third-order valence-electron chi connectivity index (χ3n) is 2.85. The van der Waals surface area contributed by atoms with E-state index in [1.807, 2.05) is 0 Å². The Kier molecular flexibility index (Phi) is 4.92. The second kappa shape index (κ2) is 6.89. The maximum Gasteiger partial charge on any atom is 0.289 e. The van der Waals surface area contributed by atoms with Crippen molar-refractivity contribution in [3.8, 4) is 0 Å². The molecule has 2 aromatic carbocycles. The molecule has 2 rings (SSSR count). The molecule has 0 unspecified atom stereocenters. The molecule has 2 aromatic rings. The van der Waals surface area contributed by atoms with Crippen LogP contribution in [0.2, 0.25) is 5.02 Å². The fourth-order valence-electron chi connectivity index (χ4n) is 1.88. The van der Waals surface area contributed by atoms with Crippen molar-refractivity contribution in [3.05, 3.63) is 63.2 Å². The molecular weight excluding hydrogens is 322 g/mol. The molecule has 0 bridgehead atoms. The number of amides is 2. The van der Waals surface area contributed by atoms with E-state index in [9.17, 15) is 19.7 Å². The molecule has 118 valence electrons. The van der Waals surface area contributed by atoms with Gasteiger partial charge in [-0.3, -0.25) is 19.7 Å². The van der Waals surface area contributed by atoms with Crippen molar-refractivity contribution in [2.24, 2.45) is 0 Å². The van der Waals surface area contributed by atoms with Crippen molar-refractivity contribution in [1.82, 2.24) is 0 Å². The van der Waals surface area contributed by atoms with Crippen LogP contribution in [0.1, 0.15) is 17.3 Å². The van der Waals surface area contributed by atoms with Gasteiger partial charge in [-0.2, -0.15) is 0 Å². The van der Waals surface area contributed by atoms with Gasteiger partial charge in [-0.05, 0) is 30.3 Å². The Balaban J connectivity index is 2.21. The van der Waals surface area contributed by atoms with Crippen LogP contribution in [0.15, 0.2) is 42.5 Å². The number of hydrogen-bond acceptors (Lipinski definition) is 4. The fourth-order valence-corrected chi connectivity index (χ4v) is 2.06. The number of nitrogens with zero attached hydrogens (tertiary/aromatic N) is 1. The Hall–Kier alpha value is -2.93. The molecule has 0 heterocycles. The average Bonchev–Trinajstić information content (AvgIpc) is 2.48. The van der Waals surface area contributed by atoms with Gasteiger partial charge in [0.1, 0.15) is 5.02 Å². The molecule has 2 amide bonds. The highest BCUT2D eigenvalue weighted by Crippen LogP contribution is 2.27. The van der Waals surface area contributed by atoms with Gasteiger partial charge in [-0.25, -0.2) is 0 Å². The van der Waals surface area contributed by atoms with Crippen molar-refractivity contribution in [2.45, 2.75) is 6.92 Å². The van der Waals surface area contributed by atoms with Crippen molar-refractivity contribution >= 4 is 40.5 Å². The van der Waals surface area contributed by atoms with E-state index in [0.717, 1.165) is 0 Å². The Morgan fingerprint density at radius 3 is 2.43 bits per heavy atom. The van der Waals surface area contributed by atoms with Crippen molar-refractivity contribution in [3.63, 3.8) is 0 Å². The highest BCUT2D eigenvalue weighted by molar-refractivity contribution is 6.32. The summed E-state index contributed by atoms with van der Waals surface area (Å²) in [7, 11) is 0. The third-order valence-corrected chi connectivity index (χ3v) is 3.17. The van der Waals surface area contributed by atoms with Gasteiger partial charge in [0.15, 0.2) is 0 Å². The second-order valence-electron chi connectivity index (χ2n) is 4.64. The third kappa shape index (κ3) is 4.27. The number of benzene rings is 2. The zero-order chi connectivity index (χ0) is 17.0. The van der Waals surface area contributed by atoms with Crippen LogP contribution in [-0.2, 0) is 4.79 Å². The van der Waals surface area contributed by atoms with Gasteiger partial charge < -0.3 is 10.6 Å².